The second-order valence-corrected chi connectivity index (χ2v) is 4.41. The van der Waals surface area contributed by atoms with Crippen LogP contribution in [0.5, 0.6) is 0 Å². The van der Waals surface area contributed by atoms with Crippen LogP contribution in [-0.4, -0.2) is 0 Å². The van der Waals surface area contributed by atoms with Crippen LogP contribution in [0.25, 0.3) is 0 Å². The normalized spacial score (nSPS) is 7.00. The molecule has 0 aromatic heterocycles. The predicted octanol–water partition coefficient (Wildman–Crippen LogP) is 6.78. The van der Waals surface area contributed by atoms with Crippen LogP contribution < -0.4 is 0 Å². The van der Waals surface area contributed by atoms with E-state index in [1.165, 1.54) is 36.8 Å². The highest BCUT2D eigenvalue weighted by Crippen LogP contribution is 1.77. The summed E-state index contributed by atoms with van der Waals surface area (Å²) in [5.41, 5.74) is 2.33. The Morgan fingerprint density at radius 1 is 0.562 bits per heavy atom. The van der Waals surface area contributed by atoms with Gasteiger partial charge in [-0.05, 0) is 27.7 Å². The molecule has 0 aliphatic rings. The van der Waals surface area contributed by atoms with Gasteiger partial charge in [-0.1, -0.05) is 64.5 Å². The first kappa shape index (κ1) is 24.6. The summed E-state index contributed by atoms with van der Waals surface area (Å²) in [6.45, 7) is 23.7. The Balaban J connectivity index is -0.0000000600. The predicted molar refractivity (Wildman–Crippen MR) is 82.1 cm³/mol. The van der Waals surface area contributed by atoms with Crippen LogP contribution in [0.2, 0.25) is 0 Å². The number of hydrogen-bond acceptors (Lipinski definition) is 0. The van der Waals surface area contributed by atoms with Crippen LogP contribution in [0.3, 0.4) is 0 Å². The lowest BCUT2D eigenvalue weighted by atomic mass is 10.4. The van der Waals surface area contributed by atoms with Gasteiger partial charge >= 0.3 is 0 Å². The van der Waals surface area contributed by atoms with Gasteiger partial charge in [-0.25, -0.2) is 0 Å². The van der Waals surface area contributed by atoms with E-state index in [0.717, 1.165) is 0 Å². The zero-order chi connectivity index (χ0) is 14.0. The lowest BCUT2D eigenvalue weighted by Crippen LogP contribution is -1.47. The van der Waals surface area contributed by atoms with Crippen LogP contribution >= 0.6 is 0 Å². The third-order valence-electron chi connectivity index (χ3n) is 1.000. The first-order chi connectivity index (χ1) is 7.29. The second-order valence-electron chi connectivity index (χ2n) is 4.41. The number of allylic oxidation sites excluding steroid dienone is 2. The summed E-state index contributed by atoms with van der Waals surface area (Å²) in [5.74, 6) is 0. The van der Waals surface area contributed by atoms with E-state index in [-0.39, 0.29) is 0 Å². The summed E-state index contributed by atoms with van der Waals surface area (Å²) in [5, 5.41) is 0. The van der Waals surface area contributed by atoms with Gasteiger partial charge in [0.25, 0.3) is 0 Å². The third-order valence-corrected chi connectivity index (χ3v) is 1.000. The molecule has 0 saturated heterocycles. The van der Waals surface area contributed by atoms with Gasteiger partial charge in [-0.2, -0.15) is 0 Å². The monoisotopic (exact) mass is 228 g/mol. The van der Waals surface area contributed by atoms with Crippen molar-refractivity contribution in [2.75, 3.05) is 0 Å². The first-order valence-corrected chi connectivity index (χ1v) is 6.54. The Kier molecular flexibility index (Phi) is 45.1. The summed E-state index contributed by atoms with van der Waals surface area (Å²) < 4.78 is 0. The minimum atomic E-state index is 1.17. The van der Waals surface area contributed by atoms with E-state index in [2.05, 4.69) is 40.9 Å². The van der Waals surface area contributed by atoms with Gasteiger partial charge in [-0.3, -0.25) is 0 Å². The van der Waals surface area contributed by atoms with Crippen molar-refractivity contribution in [1.82, 2.24) is 0 Å². The second kappa shape index (κ2) is 29.3. The molecule has 0 nitrogen and oxygen atoms in total. The molecular weight excluding hydrogens is 192 g/mol. The molecule has 100 valence electrons. The minimum Gasteiger partial charge on any atom is -0.100 e. The van der Waals surface area contributed by atoms with Crippen molar-refractivity contribution >= 4 is 0 Å². The first-order valence-electron chi connectivity index (χ1n) is 6.54. The van der Waals surface area contributed by atoms with Crippen LogP contribution in [-0.2, 0) is 0 Å². The van der Waals surface area contributed by atoms with E-state index >= 15 is 0 Å². The van der Waals surface area contributed by atoms with Gasteiger partial charge in [-0.15, -0.1) is 13.2 Å². The maximum atomic E-state index is 3.56. The fourth-order valence-corrected chi connectivity index (χ4v) is 0. The largest absolute Gasteiger partial charge is 0.100 e. The molecule has 0 unspecified atom stereocenters. The van der Waals surface area contributed by atoms with E-state index in [1.807, 2.05) is 27.7 Å². The summed E-state index contributed by atoms with van der Waals surface area (Å²) in [7, 11) is 0. The van der Waals surface area contributed by atoms with Crippen LogP contribution in [0, 0.1) is 0 Å². The van der Waals surface area contributed by atoms with Crippen molar-refractivity contribution in [2.45, 2.75) is 81.1 Å². The van der Waals surface area contributed by atoms with Gasteiger partial charge in [0.1, 0.15) is 0 Å². The molecule has 0 N–H and O–H groups in total. The van der Waals surface area contributed by atoms with Crippen LogP contribution in [0.4, 0.5) is 0 Å². The Hall–Kier alpha value is -0.520. The van der Waals surface area contributed by atoms with Crippen molar-refractivity contribution in [3.63, 3.8) is 0 Å². The van der Waals surface area contributed by atoms with Gasteiger partial charge in [0.05, 0.1) is 0 Å². The topological polar surface area (TPSA) is 0 Å². The summed E-state index contributed by atoms with van der Waals surface area (Å²) in [6, 6.07) is 0. The smallest absolute Gasteiger partial charge is 0.0445 e. The highest BCUT2D eigenvalue weighted by atomic mass is 13.6. The summed E-state index contributed by atoms with van der Waals surface area (Å²) in [4.78, 5) is 0. The van der Waals surface area contributed by atoms with E-state index < -0.39 is 0 Å². The molecule has 0 saturated carbocycles. The maximum Gasteiger partial charge on any atom is -0.0445 e. The molecule has 16 heavy (non-hydrogen) atoms. The van der Waals surface area contributed by atoms with E-state index in [0.29, 0.717) is 0 Å². The molecule has 0 atom stereocenters. The molecule has 0 bridgehead atoms. The third kappa shape index (κ3) is 959. The van der Waals surface area contributed by atoms with Crippen LogP contribution in [0.1, 0.15) is 81.1 Å². The van der Waals surface area contributed by atoms with Gasteiger partial charge < -0.3 is 0 Å². The minimum absolute atomic E-state index is 1.17. The zero-order valence-corrected chi connectivity index (χ0v) is 13.2. The van der Waals surface area contributed by atoms with Crippen molar-refractivity contribution in [2.24, 2.45) is 0 Å². The van der Waals surface area contributed by atoms with Crippen LogP contribution in [0.15, 0.2) is 24.3 Å². The van der Waals surface area contributed by atoms with Crippen molar-refractivity contribution in [1.29, 1.82) is 0 Å². The molecule has 0 radical (unpaired) electrons. The average molecular weight is 228 g/mol. The highest BCUT2D eigenvalue weighted by molar-refractivity contribution is 4.79. The molecule has 0 aromatic rings. The molecule has 0 aromatic carbocycles. The molecular formula is C16H36. The fourth-order valence-electron chi connectivity index (χ4n) is 0. The molecule has 0 aliphatic heterocycles. The molecule has 0 heterocycles. The molecule has 0 fully saturated rings. The molecule has 0 rings (SSSR count). The SMILES string of the molecule is C=C(C)C.C=C(C)C.CCCC.CCCC. The maximum absolute atomic E-state index is 3.56. The van der Waals surface area contributed by atoms with Gasteiger partial charge in [0.2, 0.25) is 0 Å². The van der Waals surface area contributed by atoms with Gasteiger partial charge in [0, 0.05) is 0 Å². The molecule has 0 heteroatoms. The van der Waals surface area contributed by atoms with Crippen molar-refractivity contribution in [3.8, 4) is 0 Å². The van der Waals surface area contributed by atoms with E-state index in [4.69, 9.17) is 0 Å². The van der Waals surface area contributed by atoms with E-state index in [1.54, 1.807) is 0 Å². The fraction of sp³-hybridized carbons (Fsp3) is 0.750. The lowest BCUT2D eigenvalue weighted by molar-refractivity contribution is 0.886. The Bertz CT molecular complexity index is 92.0. The number of rotatable bonds is 2. The lowest BCUT2D eigenvalue weighted by Gasteiger charge is -1.68. The molecule has 0 spiro atoms. The Labute approximate surface area is 106 Å². The standard InChI is InChI=1S/2C4H8.2C4H10/c2*1-4(2)3;2*1-3-4-2/h2*1H2,2-3H3;2*3-4H2,1-2H3. The van der Waals surface area contributed by atoms with E-state index in [9.17, 15) is 0 Å². The average Bonchev–Trinajstić information content (AvgIpc) is 2.16. The quantitative estimate of drug-likeness (QED) is 0.457. The van der Waals surface area contributed by atoms with Crippen molar-refractivity contribution < 1.29 is 0 Å². The summed E-state index contributed by atoms with van der Waals surface area (Å²) >= 11 is 0. The molecule has 0 amide bonds. The Morgan fingerprint density at radius 3 is 0.625 bits per heavy atom. The zero-order valence-electron chi connectivity index (χ0n) is 13.2. The summed E-state index contributed by atoms with van der Waals surface area (Å²) in [6.07, 6.45) is 5.28. The van der Waals surface area contributed by atoms with Gasteiger partial charge in [0.15, 0.2) is 0 Å². The number of unbranched alkanes of at least 4 members (excludes halogenated alkanes) is 2. The Morgan fingerprint density at radius 2 is 0.625 bits per heavy atom. The number of hydrogen-bond donors (Lipinski definition) is 0. The molecule has 0 aliphatic carbocycles. The highest BCUT2D eigenvalue weighted by Gasteiger charge is 1.57. The van der Waals surface area contributed by atoms with Crippen molar-refractivity contribution in [3.05, 3.63) is 24.3 Å².